The largest absolute Gasteiger partial charge is 0.381 e. The number of anilines is 1. The molecule has 2 heterocycles. The number of fused-ring (bicyclic) bond motifs is 1. The van der Waals surface area contributed by atoms with Crippen LogP contribution in [0.15, 0.2) is 12.4 Å². The fourth-order valence-corrected chi connectivity index (χ4v) is 4.37. The van der Waals surface area contributed by atoms with Crippen LogP contribution in [0.1, 0.15) is 75.1 Å². The molecule has 0 radical (unpaired) electrons. The minimum atomic E-state index is -0.00569. The van der Waals surface area contributed by atoms with Gasteiger partial charge >= 0.3 is 0 Å². The van der Waals surface area contributed by atoms with E-state index in [1.54, 1.807) is 6.20 Å². The molecular formula is C20H29N5O. The van der Waals surface area contributed by atoms with Crippen molar-refractivity contribution >= 4 is 22.6 Å². The second-order valence-electron chi connectivity index (χ2n) is 7.68. The zero-order valence-corrected chi connectivity index (χ0v) is 15.6. The van der Waals surface area contributed by atoms with Crippen molar-refractivity contribution in [1.82, 2.24) is 20.1 Å². The summed E-state index contributed by atoms with van der Waals surface area (Å²) in [4.78, 5) is 17.5. The lowest BCUT2D eigenvalue weighted by Gasteiger charge is -2.25. The van der Waals surface area contributed by atoms with Crippen LogP contribution >= 0.6 is 0 Å². The molecule has 2 aromatic rings. The van der Waals surface area contributed by atoms with E-state index < -0.39 is 0 Å². The van der Waals surface area contributed by atoms with Crippen LogP contribution in [-0.2, 0) is 6.54 Å². The van der Waals surface area contributed by atoms with E-state index in [0.29, 0.717) is 17.6 Å². The molecule has 140 valence electrons. The van der Waals surface area contributed by atoms with E-state index in [1.165, 1.54) is 32.1 Å². The van der Waals surface area contributed by atoms with Crippen LogP contribution in [0.25, 0.3) is 11.0 Å². The molecule has 2 aromatic heterocycles. The quantitative estimate of drug-likeness (QED) is 0.854. The third-order valence-electron chi connectivity index (χ3n) is 5.85. The molecule has 4 rings (SSSR count). The molecule has 2 aliphatic rings. The van der Waals surface area contributed by atoms with E-state index in [9.17, 15) is 4.79 Å². The molecule has 1 amide bonds. The molecule has 6 heteroatoms. The molecule has 6 nitrogen and oxygen atoms in total. The van der Waals surface area contributed by atoms with Gasteiger partial charge in [-0.1, -0.05) is 32.1 Å². The van der Waals surface area contributed by atoms with E-state index in [4.69, 9.17) is 0 Å². The maximum Gasteiger partial charge on any atom is 0.255 e. The van der Waals surface area contributed by atoms with Crippen LogP contribution in [0.3, 0.4) is 0 Å². The van der Waals surface area contributed by atoms with Gasteiger partial charge in [0.25, 0.3) is 5.91 Å². The van der Waals surface area contributed by atoms with E-state index >= 15 is 0 Å². The fraction of sp³-hybridized carbons (Fsp3) is 0.650. The Labute approximate surface area is 154 Å². The smallest absolute Gasteiger partial charge is 0.255 e. The van der Waals surface area contributed by atoms with Gasteiger partial charge in [-0.25, -0.2) is 9.67 Å². The monoisotopic (exact) mass is 355 g/mol. The first-order valence-electron chi connectivity index (χ1n) is 10.2. The molecule has 2 N–H and O–H groups in total. The van der Waals surface area contributed by atoms with Crippen LogP contribution in [0, 0.1) is 0 Å². The van der Waals surface area contributed by atoms with Gasteiger partial charge < -0.3 is 10.6 Å². The zero-order chi connectivity index (χ0) is 17.9. The van der Waals surface area contributed by atoms with Crippen LogP contribution in [0.2, 0.25) is 0 Å². The Kier molecular flexibility index (Phi) is 5.09. The summed E-state index contributed by atoms with van der Waals surface area (Å²) < 4.78 is 1.89. The number of pyridine rings is 1. The molecule has 0 aromatic carbocycles. The Morgan fingerprint density at radius 1 is 1.08 bits per heavy atom. The number of amides is 1. The molecule has 0 aliphatic heterocycles. The van der Waals surface area contributed by atoms with Crippen LogP contribution in [0.4, 0.5) is 5.69 Å². The van der Waals surface area contributed by atoms with Crippen molar-refractivity contribution in [3.05, 3.63) is 18.0 Å². The van der Waals surface area contributed by atoms with E-state index in [0.717, 1.165) is 48.9 Å². The summed E-state index contributed by atoms with van der Waals surface area (Å²) in [6.07, 6.45) is 14.3. The van der Waals surface area contributed by atoms with Crippen molar-refractivity contribution in [2.24, 2.45) is 0 Å². The Morgan fingerprint density at radius 3 is 2.50 bits per heavy atom. The molecule has 2 saturated carbocycles. The summed E-state index contributed by atoms with van der Waals surface area (Å²) >= 11 is 0. The normalized spacial score (nSPS) is 19.1. The third kappa shape index (κ3) is 3.41. The fourth-order valence-electron chi connectivity index (χ4n) is 4.37. The molecule has 0 atom stereocenters. The highest BCUT2D eigenvalue weighted by Crippen LogP contribution is 2.30. The van der Waals surface area contributed by atoms with Crippen molar-refractivity contribution in [2.45, 2.75) is 83.3 Å². The van der Waals surface area contributed by atoms with E-state index in [-0.39, 0.29) is 5.91 Å². The Bertz CT molecular complexity index is 772. The Hall–Kier alpha value is -2.11. The molecule has 2 aliphatic carbocycles. The second-order valence-corrected chi connectivity index (χ2v) is 7.68. The SMILES string of the molecule is CCn1ncc2c(NC3CCCCC3)c(C(=O)NC3CCCC3)cnc21. The lowest BCUT2D eigenvalue weighted by molar-refractivity contribution is 0.0938. The summed E-state index contributed by atoms with van der Waals surface area (Å²) in [6.45, 7) is 2.83. The van der Waals surface area contributed by atoms with Crippen molar-refractivity contribution in [2.75, 3.05) is 5.32 Å². The number of hydrogen-bond acceptors (Lipinski definition) is 4. The molecule has 0 bridgehead atoms. The first kappa shape index (κ1) is 17.3. The number of hydrogen-bond donors (Lipinski definition) is 2. The van der Waals surface area contributed by atoms with Gasteiger partial charge in [0, 0.05) is 24.8 Å². The number of nitrogens with zero attached hydrogens (tertiary/aromatic N) is 3. The number of aromatic nitrogens is 3. The number of aryl methyl sites for hydroxylation is 1. The van der Waals surface area contributed by atoms with Gasteiger partial charge in [0.15, 0.2) is 5.65 Å². The molecule has 0 saturated heterocycles. The highest BCUT2D eigenvalue weighted by molar-refractivity contribution is 6.06. The Morgan fingerprint density at radius 2 is 1.77 bits per heavy atom. The minimum absolute atomic E-state index is 0.00569. The topological polar surface area (TPSA) is 71.8 Å². The van der Waals surface area contributed by atoms with E-state index in [2.05, 4.69) is 27.6 Å². The number of carbonyl (C=O) groups excluding carboxylic acids is 1. The van der Waals surface area contributed by atoms with Crippen molar-refractivity contribution < 1.29 is 4.79 Å². The van der Waals surface area contributed by atoms with Crippen molar-refractivity contribution in [1.29, 1.82) is 0 Å². The first-order chi connectivity index (χ1) is 12.8. The number of nitrogens with one attached hydrogen (secondary N) is 2. The minimum Gasteiger partial charge on any atom is -0.381 e. The maximum absolute atomic E-state index is 13.0. The second kappa shape index (κ2) is 7.64. The van der Waals surface area contributed by atoms with Gasteiger partial charge in [-0.05, 0) is 32.6 Å². The molecule has 0 unspecified atom stereocenters. The lowest BCUT2D eigenvalue weighted by Crippen LogP contribution is -2.34. The lowest BCUT2D eigenvalue weighted by atomic mass is 9.95. The predicted octanol–water partition coefficient (Wildman–Crippen LogP) is 3.87. The van der Waals surface area contributed by atoms with Crippen molar-refractivity contribution in [3.8, 4) is 0 Å². The van der Waals surface area contributed by atoms with Crippen LogP contribution in [-0.4, -0.2) is 32.8 Å². The van der Waals surface area contributed by atoms with Crippen LogP contribution in [0.5, 0.6) is 0 Å². The third-order valence-corrected chi connectivity index (χ3v) is 5.85. The van der Waals surface area contributed by atoms with Gasteiger partial charge in [-0.2, -0.15) is 5.10 Å². The van der Waals surface area contributed by atoms with Gasteiger partial charge in [0.1, 0.15) is 0 Å². The van der Waals surface area contributed by atoms with Crippen LogP contribution < -0.4 is 10.6 Å². The summed E-state index contributed by atoms with van der Waals surface area (Å²) in [7, 11) is 0. The predicted molar refractivity (Wildman–Crippen MR) is 103 cm³/mol. The summed E-state index contributed by atoms with van der Waals surface area (Å²) in [5.74, 6) is -0.00569. The average Bonchev–Trinajstić information content (AvgIpc) is 3.32. The van der Waals surface area contributed by atoms with Crippen molar-refractivity contribution in [3.63, 3.8) is 0 Å². The highest BCUT2D eigenvalue weighted by Gasteiger charge is 2.24. The zero-order valence-electron chi connectivity index (χ0n) is 15.6. The first-order valence-corrected chi connectivity index (χ1v) is 10.2. The maximum atomic E-state index is 13.0. The van der Waals surface area contributed by atoms with E-state index in [1.807, 2.05) is 10.9 Å². The molecule has 26 heavy (non-hydrogen) atoms. The number of carbonyl (C=O) groups is 1. The average molecular weight is 355 g/mol. The van der Waals surface area contributed by atoms with Gasteiger partial charge in [0.05, 0.1) is 22.8 Å². The highest BCUT2D eigenvalue weighted by atomic mass is 16.1. The summed E-state index contributed by atoms with van der Waals surface area (Å²) in [5.41, 5.74) is 2.42. The summed E-state index contributed by atoms with van der Waals surface area (Å²) in [5, 5.41) is 12.3. The van der Waals surface area contributed by atoms with Gasteiger partial charge in [-0.15, -0.1) is 0 Å². The molecular weight excluding hydrogens is 326 g/mol. The van der Waals surface area contributed by atoms with Gasteiger partial charge in [-0.3, -0.25) is 4.79 Å². The summed E-state index contributed by atoms with van der Waals surface area (Å²) in [6, 6.07) is 0.733. The standard InChI is InChI=1S/C20H29N5O/c1-2-25-19-16(13-22-25)18(23-14-8-4-3-5-9-14)17(12-21-19)20(26)24-15-10-6-7-11-15/h12-15H,2-11H2,1H3,(H,21,23)(H,24,26). The number of rotatable bonds is 5. The molecule has 0 spiro atoms. The Balaban J connectivity index is 1.67. The molecule has 2 fully saturated rings. The van der Waals surface area contributed by atoms with Gasteiger partial charge in [0.2, 0.25) is 0 Å².